The van der Waals surface area contributed by atoms with E-state index in [2.05, 4.69) is 10.2 Å². The average molecular weight is 263 g/mol. The van der Waals surface area contributed by atoms with E-state index < -0.39 is 0 Å². The van der Waals surface area contributed by atoms with Crippen molar-refractivity contribution in [3.05, 3.63) is 34.9 Å². The van der Waals surface area contributed by atoms with Crippen LogP contribution >= 0.6 is 11.6 Å². The van der Waals surface area contributed by atoms with Gasteiger partial charge in [0.1, 0.15) is 11.7 Å². The van der Waals surface area contributed by atoms with Gasteiger partial charge in [0.05, 0.1) is 0 Å². The van der Waals surface area contributed by atoms with Crippen molar-refractivity contribution in [2.24, 2.45) is 0 Å². The maximum atomic E-state index is 12.5. The van der Waals surface area contributed by atoms with Gasteiger partial charge in [0.2, 0.25) is 5.91 Å². The lowest BCUT2D eigenvalue weighted by Gasteiger charge is -2.24. The molecule has 1 aromatic carbocycles. The fourth-order valence-corrected chi connectivity index (χ4v) is 3.09. The van der Waals surface area contributed by atoms with E-state index in [9.17, 15) is 4.79 Å². The van der Waals surface area contributed by atoms with Crippen LogP contribution in [0.4, 0.5) is 0 Å². The number of carbonyl (C=O) groups is 1. The highest BCUT2D eigenvalue weighted by Crippen LogP contribution is 2.49. The second kappa shape index (κ2) is 3.49. The van der Waals surface area contributed by atoms with Crippen LogP contribution in [0.2, 0.25) is 5.02 Å². The summed E-state index contributed by atoms with van der Waals surface area (Å²) in [6.45, 7) is 0. The molecule has 3 fully saturated rings. The summed E-state index contributed by atoms with van der Waals surface area (Å²) >= 11 is 6.06. The Morgan fingerprint density at radius 1 is 1.33 bits per heavy atom. The third kappa shape index (κ3) is 1.50. The van der Waals surface area contributed by atoms with Crippen molar-refractivity contribution >= 4 is 17.5 Å². The number of hydrogen-bond acceptors (Lipinski definition) is 2. The first-order valence-electron chi connectivity index (χ1n) is 6.56. The molecule has 1 unspecified atom stereocenters. The fraction of sp³-hybridized carbons (Fsp3) is 0.500. The minimum absolute atomic E-state index is 0.0196. The van der Waals surface area contributed by atoms with Gasteiger partial charge in [-0.3, -0.25) is 10.1 Å². The first-order chi connectivity index (χ1) is 8.70. The van der Waals surface area contributed by atoms with Crippen LogP contribution in [0.1, 0.15) is 37.4 Å². The Morgan fingerprint density at radius 3 is 2.72 bits per heavy atom. The van der Waals surface area contributed by atoms with E-state index in [1.165, 1.54) is 0 Å². The zero-order valence-corrected chi connectivity index (χ0v) is 10.8. The maximum absolute atomic E-state index is 12.5. The fourth-order valence-electron chi connectivity index (χ4n) is 2.89. The van der Waals surface area contributed by atoms with Crippen molar-refractivity contribution in [2.75, 3.05) is 0 Å². The molecule has 1 saturated heterocycles. The van der Waals surface area contributed by atoms with Crippen molar-refractivity contribution in [1.29, 1.82) is 0 Å². The summed E-state index contributed by atoms with van der Waals surface area (Å²) in [7, 11) is 0. The van der Waals surface area contributed by atoms with Crippen LogP contribution in [0, 0.1) is 0 Å². The summed E-state index contributed by atoms with van der Waals surface area (Å²) in [5.41, 5.74) is 0.863. The van der Waals surface area contributed by atoms with E-state index in [-0.39, 0.29) is 11.7 Å². The van der Waals surface area contributed by atoms with E-state index >= 15 is 0 Å². The molecule has 0 radical (unpaired) electrons. The van der Waals surface area contributed by atoms with Gasteiger partial charge in [0, 0.05) is 11.1 Å². The summed E-state index contributed by atoms with van der Waals surface area (Å²) in [5, 5.41) is 4.25. The molecule has 4 heteroatoms. The van der Waals surface area contributed by atoms with Crippen molar-refractivity contribution in [3.8, 4) is 0 Å². The topological polar surface area (TPSA) is 32.3 Å². The Balaban J connectivity index is 1.72. The highest BCUT2D eigenvalue weighted by molar-refractivity contribution is 6.30. The molecule has 0 bridgehead atoms. The summed E-state index contributed by atoms with van der Waals surface area (Å²) in [6.07, 6.45) is 4.26. The van der Waals surface area contributed by atoms with Gasteiger partial charge < -0.3 is 4.90 Å². The zero-order chi connectivity index (χ0) is 12.3. The molecule has 1 aromatic rings. The molecule has 1 N–H and O–H groups in total. The van der Waals surface area contributed by atoms with Crippen LogP contribution in [0.25, 0.3) is 0 Å². The van der Waals surface area contributed by atoms with Gasteiger partial charge in [0.15, 0.2) is 0 Å². The predicted octanol–water partition coefficient (Wildman–Crippen LogP) is 2.47. The third-order valence-electron chi connectivity index (χ3n) is 4.19. The van der Waals surface area contributed by atoms with Gasteiger partial charge in [-0.15, -0.1) is 0 Å². The molecule has 1 heterocycles. The van der Waals surface area contributed by atoms with Crippen LogP contribution in [0.3, 0.4) is 0 Å². The first kappa shape index (κ1) is 10.8. The van der Waals surface area contributed by atoms with E-state index in [1.807, 2.05) is 24.3 Å². The van der Waals surface area contributed by atoms with Crippen molar-refractivity contribution < 1.29 is 4.79 Å². The number of rotatable bonds is 2. The molecular formula is C14H15ClN2O. The van der Waals surface area contributed by atoms with Gasteiger partial charge in [-0.2, -0.15) is 0 Å². The molecule has 18 heavy (non-hydrogen) atoms. The molecule has 1 amide bonds. The van der Waals surface area contributed by atoms with E-state index in [4.69, 9.17) is 11.6 Å². The van der Waals surface area contributed by atoms with Gasteiger partial charge in [-0.05, 0) is 43.4 Å². The molecule has 1 aliphatic heterocycles. The zero-order valence-electron chi connectivity index (χ0n) is 10.0. The van der Waals surface area contributed by atoms with E-state index in [0.29, 0.717) is 11.9 Å². The van der Waals surface area contributed by atoms with Gasteiger partial charge in [-0.1, -0.05) is 23.7 Å². The van der Waals surface area contributed by atoms with Crippen LogP contribution in [-0.2, 0) is 4.79 Å². The summed E-state index contributed by atoms with van der Waals surface area (Å²) in [4.78, 5) is 14.5. The Bertz CT molecular complexity index is 522. The minimum atomic E-state index is -0.241. The predicted molar refractivity (Wildman–Crippen MR) is 69.2 cm³/mol. The molecule has 1 spiro atoms. The lowest BCUT2D eigenvalue weighted by atomic mass is 10.1. The largest absolute Gasteiger partial charge is 0.318 e. The standard InChI is InChI=1S/C14H15ClN2O/c15-10-3-1-2-9(8-10)12-16-14(6-7-14)13(18)17(12)11-4-5-11/h1-3,8,11-12,16H,4-7H2. The Morgan fingerprint density at radius 2 is 2.11 bits per heavy atom. The second-order valence-electron chi connectivity index (χ2n) is 5.63. The minimum Gasteiger partial charge on any atom is -0.318 e. The molecule has 4 rings (SSSR count). The van der Waals surface area contributed by atoms with Gasteiger partial charge >= 0.3 is 0 Å². The number of nitrogens with one attached hydrogen (secondary N) is 1. The average Bonchev–Trinajstić information content (AvgIpc) is 3.22. The van der Waals surface area contributed by atoms with Gasteiger partial charge in [0.25, 0.3) is 0 Å². The lowest BCUT2D eigenvalue weighted by Crippen LogP contribution is -2.33. The third-order valence-corrected chi connectivity index (χ3v) is 4.42. The number of amides is 1. The maximum Gasteiger partial charge on any atom is 0.244 e. The number of halogens is 1. The highest BCUT2D eigenvalue weighted by atomic mass is 35.5. The Kier molecular flexibility index (Phi) is 2.10. The summed E-state index contributed by atoms with van der Waals surface area (Å²) < 4.78 is 0. The smallest absolute Gasteiger partial charge is 0.244 e. The molecule has 2 saturated carbocycles. The highest BCUT2D eigenvalue weighted by Gasteiger charge is 2.61. The lowest BCUT2D eigenvalue weighted by molar-refractivity contribution is -0.131. The molecule has 2 aliphatic carbocycles. The molecule has 1 atom stereocenters. The second-order valence-corrected chi connectivity index (χ2v) is 6.06. The molecule has 3 nitrogen and oxygen atoms in total. The normalized spacial score (nSPS) is 29.1. The van der Waals surface area contributed by atoms with Crippen molar-refractivity contribution in [3.63, 3.8) is 0 Å². The molecule has 3 aliphatic rings. The first-order valence-corrected chi connectivity index (χ1v) is 6.93. The van der Waals surface area contributed by atoms with Gasteiger partial charge in [-0.25, -0.2) is 0 Å². The summed E-state index contributed by atoms with van der Waals surface area (Å²) in [5.74, 6) is 0.301. The molecule has 0 aromatic heterocycles. The van der Waals surface area contributed by atoms with Crippen LogP contribution in [0.15, 0.2) is 24.3 Å². The van der Waals surface area contributed by atoms with E-state index in [1.54, 1.807) is 0 Å². The number of nitrogens with zero attached hydrogens (tertiary/aromatic N) is 1. The summed E-state index contributed by atoms with van der Waals surface area (Å²) in [6, 6.07) is 8.27. The number of carbonyl (C=O) groups excluding carboxylic acids is 1. The molecule has 94 valence electrons. The Hall–Kier alpha value is -1.06. The van der Waals surface area contributed by atoms with Crippen LogP contribution in [0.5, 0.6) is 0 Å². The number of hydrogen-bond donors (Lipinski definition) is 1. The number of benzene rings is 1. The van der Waals surface area contributed by atoms with Crippen LogP contribution in [-0.4, -0.2) is 22.4 Å². The quantitative estimate of drug-likeness (QED) is 0.888. The molecular weight excluding hydrogens is 248 g/mol. The van der Waals surface area contributed by atoms with Crippen LogP contribution < -0.4 is 5.32 Å². The van der Waals surface area contributed by atoms with Crippen molar-refractivity contribution in [2.45, 2.75) is 43.4 Å². The Labute approximate surface area is 111 Å². The van der Waals surface area contributed by atoms with E-state index in [0.717, 1.165) is 36.3 Å². The van der Waals surface area contributed by atoms with Crippen molar-refractivity contribution in [1.82, 2.24) is 10.2 Å². The monoisotopic (exact) mass is 262 g/mol. The SMILES string of the molecule is O=C1N(C2CC2)C(c2cccc(Cl)c2)NC12CC2.